The molecule has 1 spiro atoms. The van der Waals surface area contributed by atoms with E-state index in [0.717, 1.165) is 45.6 Å². The quantitative estimate of drug-likeness (QED) is 0.788. The summed E-state index contributed by atoms with van der Waals surface area (Å²) in [6, 6.07) is 0. The van der Waals surface area contributed by atoms with E-state index in [2.05, 4.69) is 0 Å². The minimum Gasteiger partial charge on any atom is -0.481 e. The first-order chi connectivity index (χ1) is 8.61. The minimum absolute atomic E-state index is 0.0609. The van der Waals surface area contributed by atoms with Crippen molar-refractivity contribution < 1.29 is 19.4 Å². The van der Waals surface area contributed by atoms with Crippen molar-refractivity contribution in [2.45, 2.75) is 25.7 Å². The fraction of sp³-hybridized carbons (Fsp3) is 0.846. The molecule has 5 nitrogen and oxygen atoms in total. The van der Waals surface area contributed by atoms with Crippen molar-refractivity contribution in [2.75, 3.05) is 26.3 Å². The summed E-state index contributed by atoms with van der Waals surface area (Å²) in [5.74, 6) is -1.44. The number of carbonyl (C=O) groups is 2. The molecule has 18 heavy (non-hydrogen) atoms. The molecule has 2 heterocycles. The maximum atomic E-state index is 12.2. The van der Waals surface area contributed by atoms with Crippen molar-refractivity contribution in [1.82, 2.24) is 4.90 Å². The SMILES string of the molecule is O=C(O)C1CC1C(=O)N1CCC2(CCOCC2)C1. The van der Waals surface area contributed by atoms with Gasteiger partial charge in [-0.15, -0.1) is 0 Å². The molecule has 2 unspecified atom stereocenters. The summed E-state index contributed by atoms with van der Waals surface area (Å²) in [5.41, 5.74) is 0.252. The van der Waals surface area contributed by atoms with Crippen LogP contribution >= 0.6 is 0 Å². The zero-order valence-electron chi connectivity index (χ0n) is 10.4. The Balaban J connectivity index is 1.59. The van der Waals surface area contributed by atoms with E-state index < -0.39 is 11.9 Å². The van der Waals surface area contributed by atoms with Gasteiger partial charge in [0.25, 0.3) is 0 Å². The van der Waals surface area contributed by atoms with Crippen LogP contribution in [0.25, 0.3) is 0 Å². The number of rotatable bonds is 2. The highest BCUT2D eigenvalue weighted by Crippen LogP contribution is 2.44. The van der Waals surface area contributed by atoms with Gasteiger partial charge >= 0.3 is 5.97 Å². The number of carboxylic acid groups (broad SMARTS) is 1. The summed E-state index contributed by atoms with van der Waals surface area (Å²) in [7, 11) is 0. The highest BCUT2D eigenvalue weighted by atomic mass is 16.5. The van der Waals surface area contributed by atoms with Gasteiger partial charge in [0.15, 0.2) is 0 Å². The second-order valence-electron chi connectivity index (χ2n) is 5.91. The smallest absolute Gasteiger partial charge is 0.307 e. The molecule has 3 rings (SSSR count). The van der Waals surface area contributed by atoms with Gasteiger partial charge in [0, 0.05) is 26.3 Å². The van der Waals surface area contributed by atoms with Gasteiger partial charge in [0.05, 0.1) is 11.8 Å². The lowest BCUT2D eigenvalue weighted by Crippen LogP contribution is -2.36. The number of nitrogens with zero attached hydrogens (tertiary/aromatic N) is 1. The zero-order valence-corrected chi connectivity index (χ0v) is 10.4. The molecule has 3 fully saturated rings. The molecular weight excluding hydrogens is 234 g/mol. The first-order valence-electron chi connectivity index (χ1n) is 6.71. The summed E-state index contributed by atoms with van der Waals surface area (Å²) >= 11 is 0. The summed E-state index contributed by atoms with van der Waals surface area (Å²) in [5, 5.41) is 8.87. The van der Waals surface area contributed by atoms with Crippen LogP contribution in [0.2, 0.25) is 0 Å². The predicted molar refractivity (Wildman–Crippen MR) is 62.9 cm³/mol. The van der Waals surface area contributed by atoms with Gasteiger partial charge in [-0.1, -0.05) is 0 Å². The molecule has 1 N–H and O–H groups in total. The maximum absolute atomic E-state index is 12.2. The van der Waals surface area contributed by atoms with E-state index in [4.69, 9.17) is 9.84 Å². The van der Waals surface area contributed by atoms with E-state index in [1.54, 1.807) is 0 Å². The van der Waals surface area contributed by atoms with Crippen LogP contribution in [0.5, 0.6) is 0 Å². The van der Waals surface area contributed by atoms with Crippen molar-refractivity contribution in [1.29, 1.82) is 0 Å². The first-order valence-corrected chi connectivity index (χ1v) is 6.71. The summed E-state index contributed by atoms with van der Waals surface area (Å²) in [6.45, 7) is 3.19. The maximum Gasteiger partial charge on any atom is 0.307 e. The van der Waals surface area contributed by atoms with E-state index in [-0.39, 0.29) is 17.2 Å². The van der Waals surface area contributed by atoms with Crippen LogP contribution in [0, 0.1) is 17.3 Å². The molecule has 1 aliphatic carbocycles. The standard InChI is InChI=1S/C13H19NO4/c15-11(9-7-10(9)12(16)17)14-4-1-13(8-14)2-5-18-6-3-13/h9-10H,1-8H2,(H,16,17). The Morgan fingerprint density at radius 2 is 1.89 bits per heavy atom. The largest absolute Gasteiger partial charge is 0.481 e. The van der Waals surface area contributed by atoms with Crippen molar-refractivity contribution in [3.8, 4) is 0 Å². The molecule has 2 saturated heterocycles. The average Bonchev–Trinajstić information content (AvgIpc) is 3.07. The monoisotopic (exact) mass is 253 g/mol. The number of carbonyl (C=O) groups excluding carboxylic acids is 1. The van der Waals surface area contributed by atoms with Gasteiger partial charge in [-0.3, -0.25) is 9.59 Å². The number of likely N-dealkylation sites (tertiary alicyclic amines) is 1. The number of carboxylic acids is 1. The molecule has 0 aromatic rings. The minimum atomic E-state index is -0.826. The molecule has 0 aromatic heterocycles. The molecule has 0 bridgehead atoms. The molecule has 2 aliphatic heterocycles. The lowest BCUT2D eigenvalue weighted by atomic mass is 9.80. The number of amides is 1. The second kappa shape index (κ2) is 4.23. The van der Waals surface area contributed by atoms with Gasteiger partial charge in [-0.25, -0.2) is 0 Å². The Morgan fingerprint density at radius 1 is 1.17 bits per heavy atom. The van der Waals surface area contributed by atoms with Crippen molar-refractivity contribution in [2.24, 2.45) is 17.3 Å². The fourth-order valence-corrected chi connectivity index (χ4v) is 3.31. The van der Waals surface area contributed by atoms with Gasteiger partial charge < -0.3 is 14.7 Å². The van der Waals surface area contributed by atoms with Gasteiger partial charge in [-0.2, -0.15) is 0 Å². The molecule has 2 atom stereocenters. The Morgan fingerprint density at radius 3 is 2.50 bits per heavy atom. The number of ether oxygens (including phenoxy) is 1. The van der Waals surface area contributed by atoms with Crippen LogP contribution in [-0.2, 0) is 14.3 Å². The highest BCUT2D eigenvalue weighted by Gasteiger charge is 2.52. The summed E-state index contributed by atoms with van der Waals surface area (Å²) in [6.07, 6.45) is 3.64. The number of aliphatic carboxylic acids is 1. The molecule has 100 valence electrons. The Hall–Kier alpha value is -1.10. The summed E-state index contributed by atoms with van der Waals surface area (Å²) in [4.78, 5) is 24.9. The van der Waals surface area contributed by atoms with E-state index >= 15 is 0 Å². The Kier molecular flexibility index (Phi) is 2.81. The van der Waals surface area contributed by atoms with Crippen LogP contribution in [0.3, 0.4) is 0 Å². The second-order valence-corrected chi connectivity index (χ2v) is 5.91. The highest BCUT2D eigenvalue weighted by molar-refractivity contribution is 5.89. The van der Waals surface area contributed by atoms with E-state index in [1.807, 2.05) is 4.90 Å². The van der Waals surface area contributed by atoms with Crippen molar-refractivity contribution in [3.05, 3.63) is 0 Å². The fourth-order valence-electron chi connectivity index (χ4n) is 3.31. The average molecular weight is 253 g/mol. The van der Waals surface area contributed by atoms with Gasteiger partial charge in [-0.05, 0) is 31.1 Å². The molecule has 0 radical (unpaired) electrons. The zero-order chi connectivity index (χ0) is 12.8. The number of hydrogen-bond acceptors (Lipinski definition) is 3. The summed E-state index contributed by atoms with van der Waals surface area (Å²) < 4.78 is 5.38. The third-order valence-electron chi connectivity index (χ3n) is 4.73. The third kappa shape index (κ3) is 2.00. The lowest BCUT2D eigenvalue weighted by molar-refractivity contribution is -0.141. The Bertz CT molecular complexity index is 375. The van der Waals surface area contributed by atoms with Crippen LogP contribution in [-0.4, -0.2) is 48.2 Å². The van der Waals surface area contributed by atoms with Gasteiger partial charge in [0.2, 0.25) is 5.91 Å². The van der Waals surface area contributed by atoms with E-state index in [0.29, 0.717) is 6.42 Å². The molecular formula is C13H19NO4. The predicted octanol–water partition coefficient (Wildman–Crippen LogP) is 0.736. The van der Waals surface area contributed by atoms with Crippen LogP contribution in [0.4, 0.5) is 0 Å². The van der Waals surface area contributed by atoms with Gasteiger partial charge in [0.1, 0.15) is 0 Å². The number of hydrogen-bond donors (Lipinski definition) is 1. The normalized spacial score (nSPS) is 33.7. The van der Waals surface area contributed by atoms with Crippen molar-refractivity contribution in [3.63, 3.8) is 0 Å². The molecule has 1 saturated carbocycles. The molecule has 1 amide bonds. The topological polar surface area (TPSA) is 66.8 Å². The molecule has 3 aliphatic rings. The van der Waals surface area contributed by atoms with Crippen LogP contribution in [0.1, 0.15) is 25.7 Å². The van der Waals surface area contributed by atoms with Crippen LogP contribution in [0.15, 0.2) is 0 Å². The molecule has 5 heteroatoms. The molecule has 0 aromatic carbocycles. The Labute approximate surface area is 106 Å². The van der Waals surface area contributed by atoms with Crippen LogP contribution < -0.4 is 0 Å². The lowest BCUT2D eigenvalue weighted by Gasteiger charge is -2.33. The third-order valence-corrected chi connectivity index (χ3v) is 4.73. The van der Waals surface area contributed by atoms with E-state index in [1.165, 1.54) is 0 Å². The van der Waals surface area contributed by atoms with E-state index in [9.17, 15) is 9.59 Å². The van der Waals surface area contributed by atoms with Crippen molar-refractivity contribution >= 4 is 11.9 Å². The first kappa shape index (κ1) is 12.0.